The summed E-state index contributed by atoms with van der Waals surface area (Å²) in [6, 6.07) is 34.5. The van der Waals surface area contributed by atoms with Crippen LogP contribution < -0.4 is 0 Å². The predicted octanol–water partition coefficient (Wildman–Crippen LogP) is 10.3. The zero-order valence-electron chi connectivity index (χ0n) is 41.0. The van der Waals surface area contributed by atoms with Gasteiger partial charge in [0.05, 0.1) is 0 Å². The van der Waals surface area contributed by atoms with E-state index in [1.165, 1.54) is 72.8 Å². The van der Waals surface area contributed by atoms with Gasteiger partial charge in [0.2, 0.25) is 0 Å². The Bertz CT molecular complexity index is 2920. The first-order valence-corrected chi connectivity index (χ1v) is 24.2. The van der Waals surface area contributed by atoms with Gasteiger partial charge in [-0.1, -0.05) is 0 Å². The SMILES string of the molecule is Oc1cc(O)cc(CC[C@@H](Cc2cc(O)cc(O)c2)[C@H](Cc2cc(O)cc(O)c2)c2cc(O)cc(O)c2)c1.Oc1cc(O)cc(CC[C@H](Cc2cc(O)cc(O)c2)[C@@H](Cc2cc(O)cc(O)c2)c2cc(O)cc(O)c2)c1. The van der Waals surface area contributed by atoms with Gasteiger partial charge in [-0.3, -0.25) is 0 Å². The maximum Gasteiger partial charge on any atom is 0.119 e. The molecule has 396 valence electrons. The molecule has 0 saturated heterocycles. The average Bonchev–Trinajstić information content (AvgIpc) is 3.28. The minimum absolute atomic E-state index is 0.0702. The lowest BCUT2D eigenvalue weighted by atomic mass is 9.75. The zero-order chi connectivity index (χ0) is 54.8. The van der Waals surface area contributed by atoms with Crippen molar-refractivity contribution in [3.05, 3.63) is 190 Å². The van der Waals surface area contributed by atoms with Gasteiger partial charge in [-0.2, -0.15) is 0 Å². The van der Waals surface area contributed by atoms with Crippen molar-refractivity contribution in [1.29, 1.82) is 0 Å². The molecule has 16 N–H and O–H groups in total. The molecule has 8 rings (SSSR count). The van der Waals surface area contributed by atoms with Crippen LogP contribution >= 0.6 is 0 Å². The normalized spacial score (nSPS) is 12.7. The van der Waals surface area contributed by atoms with Crippen molar-refractivity contribution >= 4 is 0 Å². The first-order valence-electron chi connectivity index (χ1n) is 24.2. The number of hydrogen-bond donors (Lipinski definition) is 16. The highest BCUT2D eigenvalue weighted by atomic mass is 16.3. The minimum Gasteiger partial charge on any atom is -0.508 e. The molecule has 0 fully saturated rings. The van der Waals surface area contributed by atoms with E-state index < -0.39 is 0 Å². The van der Waals surface area contributed by atoms with Gasteiger partial charge in [-0.25, -0.2) is 0 Å². The topological polar surface area (TPSA) is 324 Å². The number of hydrogen-bond acceptors (Lipinski definition) is 16. The van der Waals surface area contributed by atoms with Crippen LogP contribution in [0.2, 0.25) is 0 Å². The van der Waals surface area contributed by atoms with Crippen LogP contribution in [0, 0.1) is 11.8 Å². The highest BCUT2D eigenvalue weighted by Gasteiger charge is 2.28. The molecule has 0 spiro atoms. The molecule has 76 heavy (non-hydrogen) atoms. The van der Waals surface area contributed by atoms with Crippen molar-refractivity contribution in [3.63, 3.8) is 0 Å². The number of benzene rings is 8. The summed E-state index contributed by atoms with van der Waals surface area (Å²) in [5, 5.41) is 161. The first kappa shape index (κ1) is 54.3. The Morgan fingerprint density at radius 1 is 0.197 bits per heavy atom. The van der Waals surface area contributed by atoms with Crippen LogP contribution in [0.25, 0.3) is 0 Å². The van der Waals surface area contributed by atoms with Crippen molar-refractivity contribution in [2.45, 2.75) is 63.2 Å². The molecule has 0 amide bonds. The third-order valence-corrected chi connectivity index (χ3v) is 13.1. The molecule has 0 aliphatic heterocycles. The number of aromatic hydroxyl groups is 16. The lowest BCUT2D eigenvalue weighted by Gasteiger charge is -2.29. The first-order chi connectivity index (χ1) is 36.1. The standard InChI is InChI=1S/2C30H30O8/c2*31-22-4-17(5-23(32)13-22)1-2-20(3-18-6-24(33)14-25(34)7-18)30(21-11-28(37)16-29(38)12-21)10-19-8-26(35)15-27(36)9-19/h2*4-9,11-16,20,30-38H,1-3,10H2/t2*20-,30-/m10/s1. The highest BCUT2D eigenvalue weighted by molar-refractivity contribution is 5.46. The largest absolute Gasteiger partial charge is 0.508 e. The lowest BCUT2D eigenvalue weighted by Crippen LogP contribution is -2.19. The molecule has 0 heterocycles. The summed E-state index contributed by atoms with van der Waals surface area (Å²) in [7, 11) is 0. The molecule has 8 aromatic rings. The second-order valence-electron chi connectivity index (χ2n) is 19.3. The van der Waals surface area contributed by atoms with Crippen LogP contribution in [0.4, 0.5) is 0 Å². The molecule has 0 aromatic heterocycles. The van der Waals surface area contributed by atoms with Crippen molar-refractivity contribution in [1.82, 2.24) is 0 Å². The van der Waals surface area contributed by atoms with Gasteiger partial charge in [0.15, 0.2) is 0 Å². The fourth-order valence-electron chi connectivity index (χ4n) is 10.2. The van der Waals surface area contributed by atoms with Crippen LogP contribution in [-0.4, -0.2) is 81.7 Å². The van der Waals surface area contributed by atoms with Crippen LogP contribution in [0.5, 0.6) is 92.0 Å². The van der Waals surface area contributed by atoms with E-state index in [0.717, 1.165) is 0 Å². The molecule has 16 heteroatoms. The smallest absolute Gasteiger partial charge is 0.119 e. The van der Waals surface area contributed by atoms with E-state index >= 15 is 0 Å². The Hall–Kier alpha value is -9.44. The molecule has 8 aromatic carbocycles. The van der Waals surface area contributed by atoms with Crippen molar-refractivity contribution in [2.75, 3.05) is 0 Å². The maximum atomic E-state index is 10.2. The number of rotatable bonds is 18. The van der Waals surface area contributed by atoms with Crippen LogP contribution in [0.1, 0.15) is 69.2 Å². The monoisotopic (exact) mass is 1040 g/mol. The zero-order valence-corrected chi connectivity index (χ0v) is 41.0. The van der Waals surface area contributed by atoms with E-state index in [0.29, 0.717) is 95.9 Å². The number of phenolic OH excluding ortho intramolecular Hbond substituents is 16. The molecule has 0 radical (unpaired) electrons. The summed E-state index contributed by atoms with van der Waals surface area (Å²) in [4.78, 5) is 0. The second-order valence-corrected chi connectivity index (χ2v) is 19.3. The molecule has 0 aliphatic carbocycles. The van der Waals surface area contributed by atoms with Crippen molar-refractivity contribution < 1.29 is 81.7 Å². The van der Waals surface area contributed by atoms with Crippen LogP contribution in [0.3, 0.4) is 0 Å². The average molecular weight is 1040 g/mol. The summed E-state index contributed by atoms with van der Waals surface area (Å²) in [5.41, 5.74) is 5.15. The summed E-state index contributed by atoms with van der Waals surface area (Å²) in [5.74, 6) is -2.82. The van der Waals surface area contributed by atoms with Gasteiger partial charge in [-0.15, -0.1) is 0 Å². The number of aryl methyl sites for hydroxylation is 2. The van der Waals surface area contributed by atoms with E-state index in [4.69, 9.17) is 0 Å². The molecule has 4 atom stereocenters. The van der Waals surface area contributed by atoms with E-state index in [1.807, 2.05) is 0 Å². The van der Waals surface area contributed by atoms with Gasteiger partial charge in [0, 0.05) is 48.5 Å². The second kappa shape index (κ2) is 24.1. The third-order valence-electron chi connectivity index (χ3n) is 13.1. The quantitative estimate of drug-likeness (QED) is 0.0380. The number of phenols is 16. The fraction of sp³-hybridized carbons (Fsp3) is 0.200. The molecule has 0 saturated carbocycles. The Morgan fingerprint density at radius 2 is 0.368 bits per heavy atom. The Kier molecular flexibility index (Phi) is 17.2. The Balaban J connectivity index is 0.000000221. The fourth-order valence-corrected chi connectivity index (χ4v) is 10.2. The molecule has 0 aliphatic rings. The van der Waals surface area contributed by atoms with E-state index in [-0.39, 0.29) is 116 Å². The Labute approximate surface area is 437 Å². The summed E-state index contributed by atoms with van der Waals surface area (Å²) in [6.07, 6.45) is 3.28. The van der Waals surface area contributed by atoms with Crippen molar-refractivity contribution in [2.24, 2.45) is 11.8 Å². The summed E-state index contributed by atoms with van der Waals surface area (Å²) in [6.45, 7) is 0. The predicted molar refractivity (Wildman–Crippen MR) is 282 cm³/mol. The van der Waals surface area contributed by atoms with Crippen LogP contribution in [-0.2, 0) is 38.5 Å². The summed E-state index contributed by atoms with van der Waals surface area (Å²) < 4.78 is 0. The molecule has 16 nitrogen and oxygen atoms in total. The van der Waals surface area contributed by atoms with E-state index in [2.05, 4.69) is 0 Å². The summed E-state index contributed by atoms with van der Waals surface area (Å²) >= 11 is 0. The van der Waals surface area contributed by atoms with Gasteiger partial charge >= 0.3 is 0 Å². The van der Waals surface area contributed by atoms with Crippen LogP contribution in [0.15, 0.2) is 146 Å². The molecular formula is C60H60O16. The minimum atomic E-state index is -0.371. The third kappa shape index (κ3) is 15.8. The molecular weight excluding hydrogens is 977 g/mol. The van der Waals surface area contributed by atoms with Gasteiger partial charge in [-0.05, 0) is 217 Å². The lowest BCUT2D eigenvalue weighted by molar-refractivity contribution is 0.379. The van der Waals surface area contributed by atoms with Gasteiger partial charge in [0.1, 0.15) is 92.0 Å². The molecule has 0 bridgehead atoms. The molecule has 0 unspecified atom stereocenters. The van der Waals surface area contributed by atoms with E-state index in [9.17, 15) is 81.7 Å². The highest BCUT2D eigenvalue weighted by Crippen LogP contribution is 2.42. The van der Waals surface area contributed by atoms with E-state index in [1.54, 1.807) is 72.8 Å². The maximum absolute atomic E-state index is 10.2. The van der Waals surface area contributed by atoms with Gasteiger partial charge in [0.25, 0.3) is 0 Å². The van der Waals surface area contributed by atoms with Gasteiger partial charge < -0.3 is 81.7 Å². The van der Waals surface area contributed by atoms with Crippen molar-refractivity contribution in [3.8, 4) is 92.0 Å². The Morgan fingerprint density at radius 3 is 0.579 bits per heavy atom.